The van der Waals surface area contributed by atoms with Crippen LogP contribution >= 0.6 is 11.6 Å². The van der Waals surface area contributed by atoms with Crippen molar-refractivity contribution in [3.63, 3.8) is 0 Å². The molecule has 9 N–H and O–H groups in total. The van der Waals surface area contributed by atoms with Crippen molar-refractivity contribution >= 4 is 46.2 Å². The van der Waals surface area contributed by atoms with Gasteiger partial charge in [0.15, 0.2) is 0 Å². The Labute approximate surface area is 145 Å². The van der Waals surface area contributed by atoms with Crippen LogP contribution in [-0.2, 0) is 9.59 Å². The maximum Gasteiger partial charge on any atom is 0.339 e. The molecule has 0 amide bonds. The Balaban J connectivity index is 0.00000288. The number of carbonyl (C=O) groups is 3. The second-order valence-corrected chi connectivity index (χ2v) is 5.10. The molecule has 0 aliphatic heterocycles. The van der Waals surface area contributed by atoms with Crippen LogP contribution < -0.4 is 11.5 Å². The van der Waals surface area contributed by atoms with Gasteiger partial charge >= 0.3 is 17.9 Å². The number of nitrogens with one attached hydrogen (secondary N) is 1. The number of aliphatic carboxylic acids is 2. The summed E-state index contributed by atoms with van der Waals surface area (Å²) in [6, 6.07) is 4.39. The predicted molar refractivity (Wildman–Crippen MR) is 89.6 cm³/mol. The van der Waals surface area contributed by atoms with E-state index in [0.717, 1.165) is 0 Å². The smallest absolute Gasteiger partial charge is 0.339 e. The first-order valence-corrected chi connectivity index (χ1v) is 6.70. The number of hydrogen-bond donors (Lipinski definition) is 5. The first kappa shape index (κ1) is 22.1. The molecular weight excluding hydrogens is 358 g/mol. The second kappa shape index (κ2) is 8.78. The third-order valence-electron chi connectivity index (χ3n) is 2.99. The normalized spacial score (nSPS) is 10.9. The summed E-state index contributed by atoms with van der Waals surface area (Å²) in [4.78, 5) is 37.2. The fourth-order valence-electron chi connectivity index (χ4n) is 1.96. The van der Waals surface area contributed by atoms with Gasteiger partial charge in [-0.2, -0.15) is 0 Å². The van der Waals surface area contributed by atoms with Crippen LogP contribution in [0.25, 0.3) is 10.9 Å². The molecule has 0 radical (unpaired) electrons. The Hall–Kier alpha value is -2.95. The Morgan fingerprint density at radius 2 is 1.80 bits per heavy atom. The molecule has 136 valence electrons. The average Bonchev–Trinajstić information content (AvgIpc) is 2.45. The highest BCUT2D eigenvalue weighted by atomic mass is 35.5. The summed E-state index contributed by atoms with van der Waals surface area (Å²) in [6.45, 7) is 0. The monoisotopic (exact) mass is 373 g/mol. The third kappa shape index (κ3) is 5.28. The molecule has 1 aromatic carbocycles. The van der Waals surface area contributed by atoms with Gasteiger partial charge in [0.2, 0.25) is 0 Å². The van der Waals surface area contributed by atoms with Crippen LogP contribution in [0.2, 0.25) is 5.02 Å². The topological polar surface area (TPSA) is 203 Å². The van der Waals surface area contributed by atoms with Crippen molar-refractivity contribution < 1.29 is 35.2 Å². The number of aromatic nitrogens is 1. The number of fused-ring (bicyclic) bond motifs is 1. The summed E-state index contributed by atoms with van der Waals surface area (Å²) in [7, 11) is 0. The van der Waals surface area contributed by atoms with Crippen molar-refractivity contribution in [2.24, 2.45) is 0 Å². The molecule has 2 aromatic rings. The lowest BCUT2D eigenvalue weighted by atomic mass is 10.1. The lowest BCUT2D eigenvalue weighted by Crippen LogP contribution is -2.32. The number of halogens is 1. The molecule has 1 aromatic heterocycles. The zero-order valence-electron chi connectivity index (χ0n) is 12.7. The summed E-state index contributed by atoms with van der Waals surface area (Å²) in [5, 5.41) is 30.3. The maximum absolute atomic E-state index is 11.3. The molecule has 25 heavy (non-hydrogen) atoms. The predicted octanol–water partition coefficient (Wildman–Crippen LogP) is 1.26. The van der Waals surface area contributed by atoms with E-state index in [-0.39, 0.29) is 23.0 Å². The minimum Gasteiger partial charge on any atom is -0.481 e. The van der Waals surface area contributed by atoms with Gasteiger partial charge in [-0.25, -0.2) is 14.6 Å². The highest BCUT2D eigenvalue weighted by Gasteiger charge is 2.24. The summed E-state index contributed by atoms with van der Waals surface area (Å²) in [5.74, 6) is -4.32. The zero-order chi connectivity index (χ0) is 17.1. The first-order chi connectivity index (χ1) is 10.8. The lowest BCUT2D eigenvalue weighted by molar-refractivity contribution is -0.144. The van der Waals surface area contributed by atoms with E-state index in [4.69, 9.17) is 21.8 Å². The molecule has 10 nitrogen and oxygen atoms in total. The van der Waals surface area contributed by atoms with Crippen LogP contribution in [0.3, 0.4) is 0 Å². The van der Waals surface area contributed by atoms with Crippen molar-refractivity contribution in [3.8, 4) is 0 Å². The van der Waals surface area contributed by atoms with E-state index < -0.39 is 30.4 Å². The zero-order valence-corrected chi connectivity index (χ0v) is 13.4. The SMILES string of the molecule is N.O.O=C(O)C[C@H](Nc1nc2ccc(Cl)cc2cc1C(=O)O)C(=O)O. The van der Waals surface area contributed by atoms with Gasteiger partial charge in [0.1, 0.15) is 17.4 Å². The van der Waals surface area contributed by atoms with Crippen molar-refractivity contribution in [1.82, 2.24) is 11.1 Å². The number of rotatable bonds is 6. The highest BCUT2D eigenvalue weighted by Crippen LogP contribution is 2.24. The standard InChI is InChI=1S/C14H11ClN2O6.H3N.H2O/c15-7-1-2-9-6(3-7)4-8(13(20)21)12(16-9)17-10(14(22)23)5-11(18)19;;/h1-4,10H,5H2,(H,16,17)(H,18,19)(H,20,21)(H,22,23);1H3;1H2/t10-;;/m0../s1. The fraction of sp³-hybridized carbons (Fsp3) is 0.143. The van der Waals surface area contributed by atoms with E-state index in [9.17, 15) is 19.5 Å². The van der Waals surface area contributed by atoms with Gasteiger partial charge in [0, 0.05) is 10.4 Å². The minimum atomic E-state index is -1.51. The highest BCUT2D eigenvalue weighted by molar-refractivity contribution is 6.31. The van der Waals surface area contributed by atoms with Crippen molar-refractivity contribution in [1.29, 1.82) is 0 Å². The Morgan fingerprint density at radius 1 is 1.16 bits per heavy atom. The van der Waals surface area contributed by atoms with Crippen LogP contribution in [0, 0.1) is 0 Å². The molecular formula is C14H16ClN3O7. The molecule has 0 saturated heterocycles. The van der Waals surface area contributed by atoms with Crippen LogP contribution in [0.5, 0.6) is 0 Å². The number of nitrogens with zero attached hydrogens (tertiary/aromatic N) is 1. The molecule has 0 aliphatic carbocycles. The quantitative estimate of drug-likeness (QED) is 0.493. The van der Waals surface area contributed by atoms with Crippen molar-refractivity contribution in [2.45, 2.75) is 12.5 Å². The summed E-state index contributed by atoms with van der Waals surface area (Å²) < 4.78 is 0. The Kier molecular flexibility index (Phi) is 7.74. The molecule has 0 spiro atoms. The van der Waals surface area contributed by atoms with E-state index in [0.29, 0.717) is 15.9 Å². The summed E-state index contributed by atoms with van der Waals surface area (Å²) in [5.41, 5.74) is 0.109. The number of pyridine rings is 1. The molecule has 1 heterocycles. The maximum atomic E-state index is 11.3. The molecule has 0 aliphatic rings. The molecule has 1 atom stereocenters. The van der Waals surface area contributed by atoms with Gasteiger partial charge in [0.05, 0.1) is 11.9 Å². The third-order valence-corrected chi connectivity index (χ3v) is 3.23. The molecule has 0 bridgehead atoms. The number of carboxylic acids is 3. The van der Waals surface area contributed by atoms with Gasteiger partial charge < -0.3 is 32.3 Å². The Bertz CT molecular complexity index is 812. The fourth-order valence-corrected chi connectivity index (χ4v) is 2.14. The van der Waals surface area contributed by atoms with Crippen LogP contribution in [-0.4, -0.2) is 49.7 Å². The minimum absolute atomic E-state index is 0. The summed E-state index contributed by atoms with van der Waals surface area (Å²) in [6.07, 6.45) is -0.727. The van der Waals surface area contributed by atoms with E-state index in [1.807, 2.05) is 0 Å². The largest absolute Gasteiger partial charge is 0.481 e. The molecule has 2 rings (SSSR count). The number of anilines is 1. The number of aromatic carboxylic acids is 1. The molecule has 0 fully saturated rings. The average molecular weight is 374 g/mol. The van der Waals surface area contributed by atoms with E-state index >= 15 is 0 Å². The van der Waals surface area contributed by atoms with Gasteiger partial charge in [0.25, 0.3) is 0 Å². The number of benzene rings is 1. The molecule has 0 saturated carbocycles. The number of carboxylic acid groups (broad SMARTS) is 3. The first-order valence-electron chi connectivity index (χ1n) is 6.32. The van der Waals surface area contributed by atoms with Crippen LogP contribution in [0.1, 0.15) is 16.8 Å². The van der Waals surface area contributed by atoms with Gasteiger partial charge in [-0.1, -0.05) is 11.6 Å². The van der Waals surface area contributed by atoms with Gasteiger partial charge in [-0.05, 0) is 24.3 Å². The van der Waals surface area contributed by atoms with Crippen LogP contribution in [0.15, 0.2) is 24.3 Å². The van der Waals surface area contributed by atoms with Gasteiger partial charge in [-0.15, -0.1) is 0 Å². The molecule has 0 unspecified atom stereocenters. The van der Waals surface area contributed by atoms with E-state index in [1.54, 1.807) is 12.1 Å². The summed E-state index contributed by atoms with van der Waals surface area (Å²) >= 11 is 5.84. The van der Waals surface area contributed by atoms with E-state index in [1.165, 1.54) is 12.1 Å². The van der Waals surface area contributed by atoms with Gasteiger partial charge in [-0.3, -0.25) is 4.79 Å². The van der Waals surface area contributed by atoms with Crippen molar-refractivity contribution in [2.75, 3.05) is 5.32 Å². The lowest BCUT2D eigenvalue weighted by Gasteiger charge is -2.15. The Morgan fingerprint density at radius 3 is 2.32 bits per heavy atom. The van der Waals surface area contributed by atoms with Crippen LogP contribution in [0.4, 0.5) is 5.82 Å². The molecule has 11 heteroatoms. The number of hydrogen-bond acceptors (Lipinski definition) is 6. The second-order valence-electron chi connectivity index (χ2n) is 4.66. The van der Waals surface area contributed by atoms with Crippen molar-refractivity contribution in [3.05, 3.63) is 34.9 Å². The van der Waals surface area contributed by atoms with E-state index in [2.05, 4.69) is 10.3 Å².